The third-order valence-corrected chi connectivity index (χ3v) is 10.2. The SMILES string of the molecule is C=C(CO)C(=O)OCCC(COC)C1CCC(c2ccc(-c3ccc(C4CCC(CCCCC)CC4)cc3)c(F)c2)CC1. The molecule has 4 nitrogen and oxygen atoms in total. The van der Waals surface area contributed by atoms with E-state index in [2.05, 4.69) is 43.8 Å². The summed E-state index contributed by atoms with van der Waals surface area (Å²) in [5.41, 5.74) is 4.21. The van der Waals surface area contributed by atoms with Crippen LogP contribution in [0.4, 0.5) is 4.39 Å². The van der Waals surface area contributed by atoms with E-state index < -0.39 is 12.6 Å². The number of aliphatic hydroxyl groups excluding tert-OH is 1. The molecule has 2 aromatic rings. The highest BCUT2D eigenvalue weighted by Gasteiger charge is 2.29. The molecular weight excluding hydrogens is 539 g/mol. The second-order valence-corrected chi connectivity index (χ2v) is 13.1. The van der Waals surface area contributed by atoms with Crippen LogP contribution in [0.2, 0.25) is 0 Å². The van der Waals surface area contributed by atoms with Crippen molar-refractivity contribution in [2.45, 2.75) is 102 Å². The summed E-state index contributed by atoms with van der Waals surface area (Å²) in [6.07, 6.45) is 15.5. The predicted molar refractivity (Wildman–Crippen MR) is 173 cm³/mol. The zero-order chi connectivity index (χ0) is 30.6. The van der Waals surface area contributed by atoms with E-state index in [9.17, 15) is 4.79 Å². The van der Waals surface area contributed by atoms with E-state index in [0.717, 1.165) is 49.1 Å². The van der Waals surface area contributed by atoms with E-state index in [1.165, 1.54) is 56.9 Å². The number of hydrogen-bond donors (Lipinski definition) is 1. The summed E-state index contributed by atoms with van der Waals surface area (Å²) in [7, 11) is 1.70. The Morgan fingerprint density at radius 1 is 0.953 bits per heavy atom. The monoisotopic (exact) mass is 592 g/mol. The van der Waals surface area contributed by atoms with Gasteiger partial charge in [-0.3, -0.25) is 0 Å². The molecular formula is C38H53FO4. The quantitative estimate of drug-likeness (QED) is 0.127. The first-order valence-corrected chi connectivity index (χ1v) is 16.8. The van der Waals surface area contributed by atoms with Gasteiger partial charge in [0.2, 0.25) is 0 Å². The molecule has 2 fully saturated rings. The first-order chi connectivity index (χ1) is 20.9. The standard InChI is InChI=1S/C38H53FO4/c1-4-5-6-7-28-8-10-29(11-9-28)30-16-18-33(19-17-30)36-21-20-34(24-37(36)39)31-12-14-32(15-13-31)35(26-42-3)22-23-43-38(41)27(2)25-40/h16-21,24,28-29,31-32,35,40H,2,4-15,22-23,25-26H2,1,3H3. The average Bonchev–Trinajstić information content (AvgIpc) is 3.04. The van der Waals surface area contributed by atoms with Gasteiger partial charge in [-0.2, -0.15) is 0 Å². The Hall–Kier alpha value is -2.50. The van der Waals surface area contributed by atoms with Gasteiger partial charge in [0.1, 0.15) is 5.82 Å². The number of ether oxygens (including phenoxy) is 2. The fraction of sp³-hybridized carbons (Fsp3) is 0.605. The maximum atomic E-state index is 15.4. The van der Waals surface area contributed by atoms with Crippen molar-refractivity contribution in [1.82, 2.24) is 0 Å². The van der Waals surface area contributed by atoms with Crippen molar-refractivity contribution in [3.05, 3.63) is 71.6 Å². The zero-order valence-corrected chi connectivity index (χ0v) is 26.5. The summed E-state index contributed by atoms with van der Waals surface area (Å²) in [6.45, 7) is 6.32. The molecule has 236 valence electrons. The Bertz CT molecular complexity index is 1140. The summed E-state index contributed by atoms with van der Waals surface area (Å²) < 4.78 is 26.2. The largest absolute Gasteiger partial charge is 0.462 e. The van der Waals surface area contributed by atoms with Gasteiger partial charge in [-0.05, 0) is 110 Å². The van der Waals surface area contributed by atoms with Crippen LogP contribution >= 0.6 is 0 Å². The first kappa shape index (κ1) is 33.4. The minimum atomic E-state index is -0.542. The van der Waals surface area contributed by atoms with E-state index in [1.54, 1.807) is 13.2 Å². The van der Waals surface area contributed by atoms with Crippen LogP contribution in [-0.2, 0) is 14.3 Å². The Balaban J connectivity index is 1.28. The highest BCUT2D eigenvalue weighted by Crippen LogP contribution is 2.41. The number of aliphatic hydroxyl groups is 1. The normalized spacial score (nSPS) is 23.1. The molecule has 0 bridgehead atoms. The van der Waals surface area contributed by atoms with Crippen LogP contribution in [0.15, 0.2) is 54.6 Å². The maximum absolute atomic E-state index is 15.4. The van der Waals surface area contributed by atoms with Gasteiger partial charge in [0.05, 0.1) is 18.8 Å². The molecule has 0 aliphatic heterocycles. The molecule has 2 aliphatic carbocycles. The fourth-order valence-electron chi connectivity index (χ4n) is 7.48. The molecule has 0 amide bonds. The molecule has 0 radical (unpaired) electrons. The van der Waals surface area contributed by atoms with Crippen molar-refractivity contribution in [3.63, 3.8) is 0 Å². The van der Waals surface area contributed by atoms with Gasteiger partial charge in [-0.1, -0.05) is 75.6 Å². The van der Waals surface area contributed by atoms with E-state index in [0.29, 0.717) is 42.4 Å². The lowest BCUT2D eigenvalue weighted by atomic mass is 9.73. The zero-order valence-electron chi connectivity index (χ0n) is 26.5. The van der Waals surface area contributed by atoms with Crippen molar-refractivity contribution in [1.29, 1.82) is 0 Å². The van der Waals surface area contributed by atoms with E-state index in [-0.39, 0.29) is 11.4 Å². The van der Waals surface area contributed by atoms with Crippen molar-refractivity contribution in [2.75, 3.05) is 26.9 Å². The summed E-state index contributed by atoms with van der Waals surface area (Å²) in [4.78, 5) is 11.8. The van der Waals surface area contributed by atoms with E-state index in [1.807, 2.05) is 6.07 Å². The third-order valence-electron chi connectivity index (χ3n) is 10.2. The molecule has 0 spiro atoms. The first-order valence-electron chi connectivity index (χ1n) is 16.8. The van der Waals surface area contributed by atoms with Crippen molar-refractivity contribution < 1.29 is 23.8 Å². The average molecular weight is 593 g/mol. The molecule has 4 rings (SSSR count). The van der Waals surface area contributed by atoms with Gasteiger partial charge in [-0.25, -0.2) is 9.18 Å². The highest BCUT2D eigenvalue weighted by atomic mass is 19.1. The Labute approximate surface area is 259 Å². The molecule has 2 aromatic carbocycles. The van der Waals surface area contributed by atoms with E-state index in [4.69, 9.17) is 14.6 Å². The molecule has 2 aliphatic rings. The number of hydrogen-bond acceptors (Lipinski definition) is 4. The summed E-state index contributed by atoms with van der Waals surface area (Å²) in [5, 5.41) is 9.05. The van der Waals surface area contributed by atoms with Gasteiger partial charge in [0.15, 0.2) is 0 Å². The molecule has 0 aromatic heterocycles. The lowest BCUT2D eigenvalue weighted by Crippen LogP contribution is -2.26. The lowest BCUT2D eigenvalue weighted by molar-refractivity contribution is -0.140. The number of carbonyl (C=O) groups is 1. The third kappa shape index (κ3) is 9.49. The fourth-order valence-corrected chi connectivity index (χ4v) is 7.48. The van der Waals surface area contributed by atoms with Gasteiger partial charge in [0, 0.05) is 19.3 Å². The van der Waals surface area contributed by atoms with Gasteiger partial charge in [0.25, 0.3) is 0 Å². The number of methoxy groups -OCH3 is 1. The molecule has 43 heavy (non-hydrogen) atoms. The van der Waals surface area contributed by atoms with Gasteiger partial charge >= 0.3 is 5.97 Å². The van der Waals surface area contributed by atoms with Gasteiger partial charge < -0.3 is 14.6 Å². The van der Waals surface area contributed by atoms with Gasteiger partial charge in [-0.15, -0.1) is 0 Å². The number of esters is 1. The van der Waals surface area contributed by atoms with Crippen LogP contribution in [0.3, 0.4) is 0 Å². The molecule has 2 saturated carbocycles. The number of halogens is 1. The molecule has 1 N–H and O–H groups in total. The van der Waals surface area contributed by atoms with Crippen LogP contribution in [0.1, 0.15) is 113 Å². The highest BCUT2D eigenvalue weighted by molar-refractivity contribution is 5.87. The van der Waals surface area contributed by atoms with Crippen LogP contribution in [-0.4, -0.2) is 38.0 Å². The Morgan fingerprint density at radius 2 is 1.60 bits per heavy atom. The summed E-state index contributed by atoms with van der Waals surface area (Å²) >= 11 is 0. The Kier molecular flexibility index (Phi) is 13.3. The van der Waals surface area contributed by atoms with Crippen molar-refractivity contribution in [3.8, 4) is 11.1 Å². The molecule has 0 saturated heterocycles. The number of carbonyl (C=O) groups excluding carboxylic acids is 1. The molecule has 1 unspecified atom stereocenters. The van der Waals surface area contributed by atoms with E-state index >= 15 is 4.39 Å². The Morgan fingerprint density at radius 3 is 2.23 bits per heavy atom. The summed E-state index contributed by atoms with van der Waals surface area (Å²) in [6, 6.07) is 14.5. The number of rotatable bonds is 15. The topological polar surface area (TPSA) is 55.8 Å². The maximum Gasteiger partial charge on any atom is 0.335 e. The lowest BCUT2D eigenvalue weighted by Gasteiger charge is -2.34. The number of unbranched alkanes of at least 4 members (excludes halogenated alkanes) is 2. The predicted octanol–water partition coefficient (Wildman–Crippen LogP) is 9.37. The number of benzene rings is 2. The molecule has 1 atom stereocenters. The minimum absolute atomic E-state index is 0.0737. The molecule has 0 heterocycles. The van der Waals surface area contributed by atoms with Crippen LogP contribution < -0.4 is 0 Å². The van der Waals surface area contributed by atoms with Crippen LogP contribution in [0.25, 0.3) is 11.1 Å². The second kappa shape index (κ2) is 17.1. The minimum Gasteiger partial charge on any atom is -0.462 e. The summed E-state index contributed by atoms with van der Waals surface area (Å²) in [5.74, 6) is 2.00. The second-order valence-electron chi connectivity index (χ2n) is 13.1. The smallest absolute Gasteiger partial charge is 0.335 e. The van der Waals surface area contributed by atoms with Crippen molar-refractivity contribution in [2.24, 2.45) is 17.8 Å². The van der Waals surface area contributed by atoms with Crippen LogP contribution in [0.5, 0.6) is 0 Å². The van der Waals surface area contributed by atoms with Crippen molar-refractivity contribution >= 4 is 5.97 Å². The molecule has 5 heteroatoms. The van der Waals surface area contributed by atoms with Crippen LogP contribution in [0, 0.1) is 23.6 Å².